The van der Waals surface area contributed by atoms with Gasteiger partial charge in [0.1, 0.15) is 5.65 Å². The molecule has 0 aromatic carbocycles. The maximum Gasteiger partial charge on any atom is 0.137 e. The van der Waals surface area contributed by atoms with Crippen molar-refractivity contribution < 1.29 is 4.74 Å². The van der Waals surface area contributed by atoms with Gasteiger partial charge in [-0.05, 0) is 31.4 Å². The highest BCUT2D eigenvalue weighted by Crippen LogP contribution is 2.15. The van der Waals surface area contributed by atoms with Crippen molar-refractivity contribution in [1.29, 1.82) is 0 Å². The Bertz CT molecular complexity index is 594. The number of imidazole rings is 1. The van der Waals surface area contributed by atoms with Gasteiger partial charge in [-0.1, -0.05) is 6.07 Å². The molecule has 0 bridgehead atoms. The number of hydrogen-bond acceptors (Lipinski definition) is 4. The van der Waals surface area contributed by atoms with E-state index in [9.17, 15) is 0 Å². The van der Waals surface area contributed by atoms with Gasteiger partial charge in [0.2, 0.25) is 0 Å². The average molecular weight is 314 g/mol. The van der Waals surface area contributed by atoms with E-state index in [-0.39, 0.29) is 0 Å². The lowest BCUT2D eigenvalue weighted by Crippen LogP contribution is -2.48. The van der Waals surface area contributed by atoms with Crippen LogP contribution in [0.5, 0.6) is 0 Å². The van der Waals surface area contributed by atoms with E-state index in [1.165, 1.54) is 25.0 Å². The summed E-state index contributed by atoms with van der Waals surface area (Å²) < 4.78 is 7.97. The molecule has 124 valence electrons. The van der Waals surface area contributed by atoms with Crippen LogP contribution < -0.4 is 0 Å². The second-order valence-electron chi connectivity index (χ2n) is 6.76. The van der Waals surface area contributed by atoms with Crippen LogP contribution in [0.2, 0.25) is 0 Å². The molecule has 0 aliphatic carbocycles. The Balaban J connectivity index is 1.27. The largest absolute Gasteiger partial charge is 0.377 e. The van der Waals surface area contributed by atoms with Crippen LogP contribution in [0, 0.1) is 0 Å². The van der Waals surface area contributed by atoms with Crippen LogP contribution >= 0.6 is 0 Å². The van der Waals surface area contributed by atoms with Crippen molar-refractivity contribution in [2.24, 2.45) is 0 Å². The van der Waals surface area contributed by atoms with Gasteiger partial charge in [-0.3, -0.25) is 9.80 Å². The first kappa shape index (κ1) is 15.1. The first-order chi connectivity index (χ1) is 11.4. The molecular formula is C18H26N4O. The van der Waals surface area contributed by atoms with Crippen molar-refractivity contribution in [2.45, 2.75) is 31.9 Å². The molecule has 2 aliphatic heterocycles. The standard InChI is InChI=1S/C18H26N4O/c1-3-7-22-14-16(19-18(22)6-1)13-20-8-10-21(11-9-20)15-17-5-2-4-12-23-17/h1,3,6-7,14,17H,2,4-5,8-13,15H2. The highest BCUT2D eigenvalue weighted by atomic mass is 16.5. The fourth-order valence-electron chi connectivity index (χ4n) is 3.66. The zero-order valence-corrected chi connectivity index (χ0v) is 13.7. The molecule has 0 amide bonds. The van der Waals surface area contributed by atoms with Crippen molar-refractivity contribution in [3.63, 3.8) is 0 Å². The highest BCUT2D eigenvalue weighted by molar-refractivity contribution is 5.39. The lowest BCUT2D eigenvalue weighted by Gasteiger charge is -2.36. The zero-order valence-electron chi connectivity index (χ0n) is 13.7. The fraction of sp³-hybridized carbons (Fsp3) is 0.611. The topological polar surface area (TPSA) is 33.0 Å². The minimum atomic E-state index is 0.466. The second-order valence-corrected chi connectivity index (χ2v) is 6.76. The number of hydrogen-bond donors (Lipinski definition) is 0. The maximum atomic E-state index is 5.87. The molecule has 23 heavy (non-hydrogen) atoms. The Morgan fingerprint density at radius 1 is 1.09 bits per heavy atom. The summed E-state index contributed by atoms with van der Waals surface area (Å²) >= 11 is 0. The van der Waals surface area contributed by atoms with E-state index in [0.717, 1.165) is 51.5 Å². The van der Waals surface area contributed by atoms with Gasteiger partial charge in [0, 0.05) is 58.3 Å². The maximum absolute atomic E-state index is 5.87. The number of aromatic nitrogens is 2. The molecule has 4 heterocycles. The molecule has 4 rings (SSSR count). The molecule has 0 radical (unpaired) electrons. The first-order valence-corrected chi connectivity index (χ1v) is 8.86. The number of nitrogens with zero attached hydrogens (tertiary/aromatic N) is 4. The fourth-order valence-corrected chi connectivity index (χ4v) is 3.66. The zero-order chi connectivity index (χ0) is 15.5. The van der Waals surface area contributed by atoms with E-state index < -0.39 is 0 Å². The van der Waals surface area contributed by atoms with Crippen LogP contribution in [0.1, 0.15) is 25.0 Å². The Hall–Kier alpha value is -1.43. The number of ether oxygens (including phenoxy) is 1. The predicted octanol–water partition coefficient (Wildman–Crippen LogP) is 2.02. The quantitative estimate of drug-likeness (QED) is 0.864. The first-order valence-electron chi connectivity index (χ1n) is 8.86. The molecule has 2 aliphatic rings. The van der Waals surface area contributed by atoms with Crippen molar-refractivity contribution >= 4 is 5.65 Å². The summed E-state index contributed by atoms with van der Waals surface area (Å²) in [4.78, 5) is 9.79. The minimum absolute atomic E-state index is 0.466. The number of pyridine rings is 1. The Morgan fingerprint density at radius 2 is 1.96 bits per heavy atom. The predicted molar refractivity (Wildman–Crippen MR) is 90.5 cm³/mol. The summed E-state index contributed by atoms with van der Waals surface area (Å²) in [5.41, 5.74) is 2.20. The van der Waals surface area contributed by atoms with Gasteiger partial charge >= 0.3 is 0 Å². The molecule has 0 saturated carbocycles. The summed E-state index contributed by atoms with van der Waals surface area (Å²) in [7, 11) is 0. The normalized spacial score (nSPS) is 24.3. The van der Waals surface area contributed by atoms with Gasteiger partial charge < -0.3 is 9.14 Å². The van der Waals surface area contributed by atoms with Gasteiger partial charge in [0.15, 0.2) is 0 Å². The number of piperazine rings is 1. The van der Waals surface area contributed by atoms with E-state index >= 15 is 0 Å². The molecule has 2 fully saturated rings. The van der Waals surface area contributed by atoms with E-state index in [0.29, 0.717) is 6.10 Å². The number of rotatable bonds is 4. The number of fused-ring (bicyclic) bond motifs is 1. The molecule has 0 spiro atoms. The SMILES string of the molecule is c1ccn2cc(CN3CCN(CC4CCCCO4)CC3)nc2c1. The third-order valence-corrected chi connectivity index (χ3v) is 5.00. The summed E-state index contributed by atoms with van der Waals surface area (Å²) in [5.74, 6) is 0. The summed E-state index contributed by atoms with van der Waals surface area (Å²) in [6, 6.07) is 6.15. The highest BCUT2D eigenvalue weighted by Gasteiger charge is 2.22. The van der Waals surface area contributed by atoms with Gasteiger partial charge in [0.05, 0.1) is 11.8 Å². The summed E-state index contributed by atoms with van der Waals surface area (Å²) in [5, 5.41) is 0. The smallest absolute Gasteiger partial charge is 0.137 e. The Labute approximate surface area is 137 Å². The van der Waals surface area contributed by atoms with E-state index in [2.05, 4.69) is 32.7 Å². The van der Waals surface area contributed by atoms with Crippen molar-refractivity contribution in [1.82, 2.24) is 19.2 Å². The monoisotopic (exact) mass is 314 g/mol. The van der Waals surface area contributed by atoms with Crippen LogP contribution in [-0.4, -0.2) is 64.6 Å². The average Bonchev–Trinajstić information content (AvgIpc) is 3.00. The van der Waals surface area contributed by atoms with Crippen LogP contribution in [-0.2, 0) is 11.3 Å². The second kappa shape index (κ2) is 6.99. The molecule has 1 unspecified atom stereocenters. The summed E-state index contributed by atoms with van der Waals surface area (Å²) in [6.45, 7) is 7.57. The lowest BCUT2D eigenvalue weighted by molar-refractivity contribution is -0.0146. The summed E-state index contributed by atoms with van der Waals surface area (Å²) in [6.07, 6.45) is 8.49. The lowest BCUT2D eigenvalue weighted by atomic mass is 10.1. The van der Waals surface area contributed by atoms with Gasteiger partial charge in [-0.15, -0.1) is 0 Å². The van der Waals surface area contributed by atoms with E-state index in [4.69, 9.17) is 9.72 Å². The van der Waals surface area contributed by atoms with Crippen LogP contribution in [0.15, 0.2) is 30.6 Å². The van der Waals surface area contributed by atoms with E-state index in [1.54, 1.807) is 0 Å². The third kappa shape index (κ3) is 3.74. The van der Waals surface area contributed by atoms with Crippen molar-refractivity contribution in [2.75, 3.05) is 39.3 Å². The molecule has 2 saturated heterocycles. The molecule has 2 aromatic rings. The molecule has 5 nitrogen and oxygen atoms in total. The molecule has 1 atom stereocenters. The van der Waals surface area contributed by atoms with Crippen LogP contribution in [0.4, 0.5) is 0 Å². The molecule has 0 N–H and O–H groups in total. The molecular weight excluding hydrogens is 288 g/mol. The van der Waals surface area contributed by atoms with Crippen LogP contribution in [0.25, 0.3) is 5.65 Å². The Kier molecular flexibility index (Phi) is 4.60. The Morgan fingerprint density at radius 3 is 2.74 bits per heavy atom. The molecule has 2 aromatic heterocycles. The minimum Gasteiger partial charge on any atom is -0.377 e. The van der Waals surface area contributed by atoms with Crippen molar-refractivity contribution in [3.05, 3.63) is 36.3 Å². The van der Waals surface area contributed by atoms with Gasteiger partial charge in [-0.2, -0.15) is 0 Å². The van der Waals surface area contributed by atoms with Gasteiger partial charge in [-0.25, -0.2) is 4.98 Å². The molecule has 5 heteroatoms. The third-order valence-electron chi connectivity index (χ3n) is 5.00. The van der Waals surface area contributed by atoms with Crippen molar-refractivity contribution in [3.8, 4) is 0 Å². The van der Waals surface area contributed by atoms with Crippen LogP contribution in [0.3, 0.4) is 0 Å². The van der Waals surface area contributed by atoms with Gasteiger partial charge in [0.25, 0.3) is 0 Å². The van der Waals surface area contributed by atoms with E-state index in [1.807, 2.05) is 12.1 Å².